The number of ether oxygens (including phenoxy) is 2. The van der Waals surface area contributed by atoms with Crippen molar-refractivity contribution in [2.45, 2.75) is 44.7 Å². The van der Waals surface area contributed by atoms with Crippen molar-refractivity contribution in [1.82, 2.24) is 9.97 Å². The van der Waals surface area contributed by atoms with Gasteiger partial charge in [-0.15, -0.1) is 0 Å². The van der Waals surface area contributed by atoms with E-state index in [2.05, 4.69) is 16.9 Å². The second-order valence-corrected chi connectivity index (χ2v) is 5.36. The van der Waals surface area contributed by atoms with E-state index < -0.39 is 5.97 Å². The van der Waals surface area contributed by atoms with Crippen molar-refractivity contribution in [3.63, 3.8) is 0 Å². The Bertz CT molecular complexity index is 448. The van der Waals surface area contributed by atoms with Gasteiger partial charge in [0.15, 0.2) is 5.16 Å². The first-order valence-electron chi connectivity index (χ1n) is 7.17. The summed E-state index contributed by atoms with van der Waals surface area (Å²) < 4.78 is 9.95. The highest BCUT2D eigenvalue weighted by Gasteiger charge is 2.12. The standard InChI is InChI=1S/C14H22N2O4S/c1-3-5-6-7-8-20-12(17)10-21-14-15-9-11(16-14)13(18)19-4-2/h9H,3-8,10H2,1-2H3,(H,15,16). The van der Waals surface area contributed by atoms with Gasteiger partial charge in [-0.2, -0.15) is 0 Å². The predicted molar refractivity (Wildman–Crippen MR) is 80.4 cm³/mol. The lowest BCUT2D eigenvalue weighted by atomic mass is 10.2. The van der Waals surface area contributed by atoms with Crippen LogP contribution in [0.1, 0.15) is 50.0 Å². The second kappa shape index (κ2) is 10.3. The van der Waals surface area contributed by atoms with Gasteiger partial charge in [0.1, 0.15) is 5.69 Å². The van der Waals surface area contributed by atoms with E-state index in [-0.39, 0.29) is 17.4 Å². The van der Waals surface area contributed by atoms with Crippen LogP contribution in [0.25, 0.3) is 0 Å². The van der Waals surface area contributed by atoms with Crippen LogP contribution in [0.15, 0.2) is 11.4 Å². The lowest BCUT2D eigenvalue weighted by molar-refractivity contribution is -0.140. The number of hydrogen-bond donors (Lipinski definition) is 1. The number of H-pyrrole nitrogens is 1. The number of rotatable bonds is 10. The van der Waals surface area contributed by atoms with Gasteiger partial charge in [-0.25, -0.2) is 9.78 Å². The third-order valence-corrected chi connectivity index (χ3v) is 3.50. The molecule has 0 saturated carbocycles. The van der Waals surface area contributed by atoms with Crippen molar-refractivity contribution in [1.29, 1.82) is 0 Å². The molecular formula is C14H22N2O4S. The first kappa shape index (κ1) is 17.6. The van der Waals surface area contributed by atoms with E-state index in [1.54, 1.807) is 6.92 Å². The Balaban J connectivity index is 2.22. The molecule has 0 fully saturated rings. The first-order chi connectivity index (χ1) is 10.2. The van der Waals surface area contributed by atoms with Crippen LogP contribution in [0.2, 0.25) is 0 Å². The summed E-state index contributed by atoms with van der Waals surface area (Å²) in [6.45, 7) is 4.65. The zero-order valence-corrected chi connectivity index (χ0v) is 13.3. The molecule has 6 nitrogen and oxygen atoms in total. The molecule has 0 amide bonds. The van der Waals surface area contributed by atoms with Gasteiger partial charge in [0, 0.05) is 0 Å². The van der Waals surface area contributed by atoms with Gasteiger partial charge in [0.05, 0.1) is 25.2 Å². The number of esters is 2. The Kier molecular flexibility index (Phi) is 8.57. The minimum absolute atomic E-state index is 0.170. The molecule has 1 heterocycles. The van der Waals surface area contributed by atoms with Crippen LogP contribution in [0.4, 0.5) is 0 Å². The average molecular weight is 314 g/mol. The maximum atomic E-state index is 11.5. The Morgan fingerprint density at radius 3 is 2.76 bits per heavy atom. The fourth-order valence-corrected chi connectivity index (χ4v) is 2.22. The summed E-state index contributed by atoms with van der Waals surface area (Å²) in [7, 11) is 0. The average Bonchev–Trinajstić information content (AvgIpc) is 2.94. The number of unbranched alkanes of at least 4 members (excludes halogenated alkanes) is 3. The molecule has 1 aromatic heterocycles. The van der Waals surface area contributed by atoms with E-state index >= 15 is 0 Å². The number of thioether (sulfide) groups is 1. The largest absolute Gasteiger partial charge is 0.465 e. The quantitative estimate of drug-likeness (QED) is 0.406. The van der Waals surface area contributed by atoms with Gasteiger partial charge < -0.3 is 14.5 Å². The van der Waals surface area contributed by atoms with E-state index in [1.807, 2.05) is 0 Å². The number of carbonyl (C=O) groups excluding carboxylic acids is 2. The number of nitrogens with zero attached hydrogens (tertiary/aromatic N) is 1. The van der Waals surface area contributed by atoms with E-state index in [4.69, 9.17) is 9.47 Å². The fourth-order valence-electron chi connectivity index (χ4n) is 1.57. The van der Waals surface area contributed by atoms with Crippen molar-refractivity contribution in [2.24, 2.45) is 0 Å². The van der Waals surface area contributed by atoms with E-state index in [0.29, 0.717) is 18.4 Å². The Morgan fingerprint density at radius 1 is 1.24 bits per heavy atom. The van der Waals surface area contributed by atoms with Crippen LogP contribution in [-0.4, -0.2) is 40.9 Å². The summed E-state index contributed by atoms with van der Waals surface area (Å²) in [6, 6.07) is 0. The number of aromatic nitrogens is 2. The van der Waals surface area contributed by atoms with Crippen molar-refractivity contribution in [3.05, 3.63) is 11.9 Å². The van der Waals surface area contributed by atoms with Crippen molar-refractivity contribution in [3.8, 4) is 0 Å². The zero-order valence-electron chi connectivity index (χ0n) is 12.5. The van der Waals surface area contributed by atoms with Crippen molar-refractivity contribution < 1.29 is 19.1 Å². The molecule has 118 valence electrons. The SMILES string of the molecule is CCCCCCOC(=O)CSc1ncc(C(=O)OCC)[nH]1. The highest BCUT2D eigenvalue weighted by molar-refractivity contribution is 7.99. The lowest BCUT2D eigenvalue weighted by Crippen LogP contribution is -2.08. The Morgan fingerprint density at radius 2 is 2.05 bits per heavy atom. The van der Waals surface area contributed by atoms with Gasteiger partial charge in [0.2, 0.25) is 0 Å². The molecule has 7 heteroatoms. The summed E-state index contributed by atoms with van der Waals surface area (Å²) in [5, 5.41) is 0.501. The summed E-state index contributed by atoms with van der Waals surface area (Å²) in [4.78, 5) is 29.8. The van der Waals surface area contributed by atoms with Gasteiger partial charge in [-0.3, -0.25) is 4.79 Å². The van der Waals surface area contributed by atoms with Gasteiger partial charge in [-0.05, 0) is 13.3 Å². The molecule has 1 N–H and O–H groups in total. The number of hydrogen-bond acceptors (Lipinski definition) is 6. The normalized spacial score (nSPS) is 10.4. The molecular weight excluding hydrogens is 292 g/mol. The molecule has 0 atom stereocenters. The zero-order chi connectivity index (χ0) is 15.5. The molecule has 0 bridgehead atoms. The molecule has 0 aliphatic carbocycles. The lowest BCUT2D eigenvalue weighted by Gasteiger charge is -2.03. The van der Waals surface area contributed by atoms with Crippen molar-refractivity contribution in [2.75, 3.05) is 19.0 Å². The van der Waals surface area contributed by atoms with Crippen LogP contribution >= 0.6 is 11.8 Å². The number of carbonyl (C=O) groups is 2. The predicted octanol–water partition coefficient (Wildman–Crippen LogP) is 2.80. The van der Waals surface area contributed by atoms with Crippen molar-refractivity contribution >= 4 is 23.7 Å². The van der Waals surface area contributed by atoms with E-state index in [0.717, 1.165) is 25.7 Å². The third kappa shape index (κ3) is 7.17. The molecule has 1 aromatic rings. The molecule has 0 aliphatic heterocycles. The number of imidazole rings is 1. The summed E-state index contributed by atoms with van der Waals surface area (Å²) in [5.41, 5.74) is 0.285. The van der Waals surface area contributed by atoms with Crippen LogP contribution in [0, 0.1) is 0 Å². The molecule has 21 heavy (non-hydrogen) atoms. The summed E-state index contributed by atoms with van der Waals surface area (Å²) >= 11 is 1.20. The Labute approximate surface area is 129 Å². The maximum absolute atomic E-state index is 11.5. The first-order valence-corrected chi connectivity index (χ1v) is 8.16. The summed E-state index contributed by atoms with van der Waals surface area (Å²) in [5.74, 6) is -0.551. The Hall–Kier alpha value is -1.50. The number of aromatic amines is 1. The van der Waals surface area contributed by atoms with Gasteiger partial charge in [-0.1, -0.05) is 37.9 Å². The molecule has 0 aromatic carbocycles. The number of nitrogens with one attached hydrogen (secondary N) is 1. The van der Waals surface area contributed by atoms with Gasteiger partial charge >= 0.3 is 11.9 Å². The minimum Gasteiger partial charge on any atom is -0.465 e. The molecule has 0 saturated heterocycles. The molecule has 0 unspecified atom stereocenters. The van der Waals surface area contributed by atoms with Gasteiger partial charge in [0.25, 0.3) is 0 Å². The third-order valence-electron chi connectivity index (χ3n) is 2.64. The van der Waals surface area contributed by atoms with E-state index in [9.17, 15) is 9.59 Å². The van der Waals surface area contributed by atoms with Crippen LogP contribution in [0.3, 0.4) is 0 Å². The smallest absolute Gasteiger partial charge is 0.356 e. The molecule has 0 spiro atoms. The van der Waals surface area contributed by atoms with E-state index in [1.165, 1.54) is 18.0 Å². The second-order valence-electron chi connectivity index (χ2n) is 4.39. The monoisotopic (exact) mass is 314 g/mol. The highest BCUT2D eigenvalue weighted by atomic mass is 32.2. The van der Waals surface area contributed by atoms with Crippen LogP contribution in [-0.2, 0) is 14.3 Å². The maximum Gasteiger partial charge on any atom is 0.356 e. The summed E-state index contributed by atoms with van der Waals surface area (Å²) in [6.07, 6.45) is 5.70. The topological polar surface area (TPSA) is 81.3 Å². The molecule has 0 radical (unpaired) electrons. The van der Waals surface area contributed by atoms with Crippen LogP contribution in [0.5, 0.6) is 0 Å². The van der Waals surface area contributed by atoms with Crippen LogP contribution < -0.4 is 0 Å². The fraction of sp³-hybridized carbons (Fsp3) is 0.643. The minimum atomic E-state index is -0.449. The molecule has 0 aliphatic rings. The molecule has 1 rings (SSSR count). The highest BCUT2D eigenvalue weighted by Crippen LogP contribution is 2.14.